The van der Waals surface area contributed by atoms with Crippen molar-refractivity contribution in [1.29, 1.82) is 0 Å². The summed E-state index contributed by atoms with van der Waals surface area (Å²) in [5, 5.41) is 3.32. The maximum atomic E-state index is 5.04. The van der Waals surface area contributed by atoms with Crippen LogP contribution in [0.15, 0.2) is 0 Å². The Balaban J connectivity index is 2.29. The van der Waals surface area contributed by atoms with Gasteiger partial charge in [-0.2, -0.15) is 9.97 Å². The summed E-state index contributed by atoms with van der Waals surface area (Å²) in [7, 11) is 3.06. The number of rotatable bonds is 3. The quantitative estimate of drug-likeness (QED) is 0.775. The molecule has 1 aliphatic rings. The average Bonchev–Trinajstić information content (AvgIpc) is 2.38. The number of hydrogen-bond donors (Lipinski definition) is 1. The van der Waals surface area contributed by atoms with Crippen molar-refractivity contribution >= 4 is 5.95 Å². The Kier molecular flexibility index (Phi) is 3.58. The Morgan fingerprint density at radius 2 is 1.82 bits per heavy atom. The highest BCUT2D eigenvalue weighted by Gasteiger charge is 2.22. The molecule has 1 unspecified atom stereocenters. The molecule has 0 aliphatic carbocycles. The minimum Gasteiger partial charge on any atom is -0.467 e. The van der Waals surface area contributed by atoms with E-state index in [-0.39, 0.29) is 12.0 Å². The lowest BCUT2D eigenvalue weighted by molar-refractivity contribution is 0.338. The summed E-state index contributed by atoms with van der Waals surface area (Å²) in [6.07, 6.45) is 0. The molecule has 7 heteroatoms. The number of aromatic nitrogens is 3. The van der Waals surface area contributed by atoms with E-state index >= 15 is 0 Å². The Morgan fingerprint density at radius 3 is 2.35 bits per heavy atom. The predicted octanol–water partition coefficient (Wildman–Crippen LogP) is -0.313. The Morgan fingerprint density at radius 1 is 1.18 bits per heavy atom. The van der Waals surface area contributed by atoms with E-state index in [0.29, 0.717) is 12.0 Å². The molecule has 2 heterocycles. The number of ether oxygens (including phenoxy) is 2. The maximum absolute atomic E-state index is 5.04. The van der Waals surface area contributed by atoms with Crippen LogP contribution in [0.4, 0.5) is 5.95 Å². The van der Waals surface area contributed by atoms with E-state index in [9.17, 15) is 0 Å². The molecule has 94 valence electrons. The maximum Gasteiger partial charge on any atom is 0.324 e. The summed E-state index contributed by atoms with van der Waals surface area (Å²) in [6.45, 7) is 4.81. The molecule has 1 fully saturated rings. The van der Waals surface area contributed by atoms with Crippen LogP contribution in [0.25, 0.3) is 0 Å². The topological polar surface area (TPSA) is 72.4 Å². The Labute approximate surface area is 100 Å². The first-order valence-electron chi connectivity index (χ1n) is 5.56. The fraction of sp³-hybridized carbons (Fsp3) is 0.700. The number of nitrogens with one attached hydrogen (secondary N) is 1. The van der Waals surface area contributed by atoms with Gasteiger partial charge in [-0.05, 0) is 6.92 Å². The summed E-state index contributed by atoms with van der Waals surface area (Å²) in [5.41, 5.74) is 0. The van der Waals surface area contributed by atoms with Crippen LogP contribution in [0.3, 0.4) is 0 Å². The third-order valence-electron chi connectivity index (χ3n) is 2.71. The molecule has 7 nitrogen and oxygen atoms in total. The molecule has 0 bridgehead atoms. The van der Waals surface area contributed by atoms with Gasteiger partial charge in [0.05, 0.1) is 14.2 Å². The lowest BCUT2D eigenvalue weighted by Crippen LogP contribution is -2.50. The van der Waals surface area contributed by atoms with Gasteiger partial charge in [-0.3, -0.25) is 0 Å². The normalized spacial score (nSPS) is 20.2. The first kappa shape index (κ1) is 11.8. The van der Waals surface area contributed by atoms with E-state index in [1.54, 1.807) is 0 Å². The molecule has 0 amide bonds. The van der Waals surface area contributed by atoms with Gasteiger partial charge in [0.25, 0.3) is 0 Å². The molecule has 1 atom stereocenters. The van der Waals surface area contributed by atoms with E-state index < -0.39 is 0 Å². The number of anilines is 1. The lowest BCUT2D eigenvalue weighted by atomic mass is 10.2. The molecular formula is C10H17N5O2. The highest BCUT2D eigenvalue weighted by atomic mass is 16.5. The van der Waals surface area contributed by atoms with Crippen LogP contribution in [-0.4, -0.2) is 54.8 Å². The molecule has 0 aromatic carbocycles. The van der Waals surface area contributed by atoms with Gasteiger partial charge in [0.2, 0.25) is 5.95 Å². The van der Waals surface area contributed by atoms with Gasteiger partial charge in [0.15, 0.2) is 0 Å². The Hall–Kier alpha value is -1.63. The molecule has 2 rings (SSSR count). The molecule has 17 heavy (non-hydrogen) atoms. The standard InChI is InChI=1S/C10H17N5O2/c1-7-6-11-4-5-15(7)8-12-9(16-2)14-10(13-8)17-3/h7,11H,4-6H2,1-3H3. The van der Waals surface area contributed by atoms with Crippen LogP contribution in [-0.2, 0) is 0 Å². The van der Waals surface area contributed by atoms with Crippen molar-refractivity contribution in [2.45, 2.75) is 13.0 Å². The van der Waals surface area contributed by atoms with E-state index in [1.807, 2.05) is 0 Å². The van der Waals surface area contributed by atoms with Gasteiger partial charge in [-0.1, -0.05) is 0 Å². The van der Waals surface area contributed by atoms with Gasteiger partial charge < -0.3 is 19.7 Å². The van der Waals surface area contributed by atoms with Crippen molar-refractivity contribution in [3.05, 3.63) is 0 Å². The molecule has 1 saturated heterocycles. The number of piperazine rings is 1. The molecule has 1 N–H and O–H groups in total. The fourth-order valence-corrected chi connectivity index (χ4v) is 1.78. The zero-order chi connectivity index (χ0) is 12.3. The van der Waals surface area contributed by atoms with Crippen LogP contribution in [0.5, 0.6) is 12.0 Å². The highest BCUT2D eigenvalue weighted by Crippen LogP contribution is 2.18. The molecule has 0 saturated carbocycles. The van der Waals surface area contributed by atoms with Gasteiger partial charge in [0, 0.05) is 25.7 Å². The van der Waals surface area contributed by atoms with E-state index in [0.717, 1.165) is 19.6 Å². The van der Waals surface area contributed by atoms with Gasteiger partial charge in [0.1, 0.15) is 0 Å². The summed E-state index contributed by atoms with van der Waals surface area (Å²) in [4.78, 5) is 14.6. The van der Waals surface area contributed by atoms with Crippen molar-refractivity contribution in [3.8, 4) is 12.0 Å². The van der Waals surface area contributed by atoms with Crippen LogP contribution in [0.1, 0.15) is 6.92 Å². The second-order valence-electron chi connectivity index (χ2n) is 3.86. The molecule has 1 aliphatic heterocycles. The van der Waals surface area contributed by atoms with E-state index in [2.05, 4.69) is 32.1 Å². The highest BCUT2D eigenvalue weighted by molar-refractivity contribution is 5.34. The molecule has 0 spiro atoms. The van der Waals surface area contributed by atoms with Crippen molar-refractivity contribution in [3.63, 3.8) is 0 Å². The third-order valence-corrected chi connectivity index (χ3v) is 2.71. The first-order valence-corrected chi connectivity index (χ1v) is 5.56. The van der Waals surface area contributed by atoms with E-state index in [4.69, 9.17) is 9.47 Å². The number of hydrogen-bond acceptors (Lipinski definition) is 7. The van der Waals surface area contributed by atoms with Gasteiger partial charge in [-0.15, -0.1) is 4.98 Å². The van der Waals surface area contributed by atoms with Crippen LogP contribution in [0.2, 0.25) is 0 Å². The third kappa shape index (κ3) is 2.55. The number of methoxy groups -OCH3 is 2. The van der Waals surface area contributed by atoms with Gasteiger partial charge in [-0.25, -0.2) is 0 Å². The number of nitrogens with zero attached hydrogens (tertiary/aromatic N) is 4. The smallest absolute Gasteiger partial charge is 0.324 e. The second kappa shape index (κ2) is 5.13. The van der Waals surface area contributed by atoms with Gasteiger partial charge >= 0.3 is 12.0 Å². The second-order valence-corrected chi connectivity index (χ2v) is 3.86. The van der Waals surface area contributed by atoms with E-state index in [1.165, 1.54) is 14.2 Å². The first-order chi connectivity index (χ1) is 8.24. The average molecular weight is 239 g/mol. The van der Waals surface area contributed by atoms with Crippen molar-refractivity contribution < 1.29 is 9.47 Å². The van der Waals surface area contributed by atoms with Crippen LogP contribution < -0.4 is 19.7 Å². The largest absolute Gasteiger partial charge is 0.467 e. The van der Waals surface area contributed by atoms with Crippen LogP contribution >= 0.6 is 0 Å². The molecular weight excluding hydrogens is 222 g/mol. The summed E-state index contributed by atoms with van der Waals surface area (Å²) < 4.78 is 10.1. The Bertz CT molecular complexity index is 365. The molecule has 1 aromatic heterocycles. The van der Waals surface area contributed by atoms with Crippen molar-refractivity contribution in [2.75, 3.05) is 38.8 Å². The zero-order valence-electron chi connectivity index (χ0n) is 10.3. The zero-order valence-corrected chi connectivity index (χ0v) is 10.3. The molecule has 0 radical (unpaired) electrons. The fourth-order valence-electron chi connectivity index (χ4n) is 1.78. The molecule has 1 aromatic rings. The monoisotopic (exact) mass is 239 g/mol. The van der Waals surface area contributed by atoms with Crippen molar-refractivity contribution in [2.24, 2.45) is 0 Å². The summed E-state index contributed by atoms with van der Waals surface area (Å²) in [5.74, 6) is 0.600. The summed E-state index contributed by atoms with van der Waals surface area (Å²) >= 11 is 0. The minimum absolute atomic E-state index is 0.276. The van der Waals surface area contributed by atoms with Crippen LogP contribution in [0, 0.1) is 0 Å². The summed E-state index contributed by atoms with van der Waals surface area (Å²) in [6, 6.07) is 0.885. The predicted molar refractivity (Wildman–Crippen MR) is 62.6 cm³/mol. The minimum atomic E-state index is 0.276. The lowest BCUT2D eigenvalue weighted by Gasteiger charge is -2.33. The van der Waals surface area contributed by atoms with Crippen molar-refractivity contribution in [1.82, 2.24) is 20.3 Å². The SMILES string of the molecule is COc1nc(OC)nc(N2CCNCC2C)n1.